The monoisotopic (exact) mass is 337 g/mol. The number of nitrogens with one attached hydrogen (secondary N) is 2. The van der Waals surface area contributed by atoms with Gasteiger partial charge < -0.3 is 15.4 Å². The van der Waals surface area contributed by atoms with Gasteiger partial charge in [-0.05, 0) is 44.0 Å². The highest BCUT2D eigenvalue weighted by atomic mass is 16.5. The van der Waals surface area contributed by atoms with Crippen LogP contribution in [0.3, 0.4) is 0 Å². The van der Waals surface area contributed by atoms with Crippen LogP contribution in [0.25, 0.3) is 0 Å². The van der Waals surface area contributed by atoms with E-state index in [1.54, 1.807) is 31.2 Å². The van der Waals surface area contributed by atoms with Crippen LogP contribution in [0.15, 0.2) is 30.3 Å². The predicted molar refractivity (Wildman–Crippen MR) is 92.5 cm³/mol. The molecule has 1 aromatic heterocycles. The molecule has 1 aromatic carbocycles. The Morgan fingerprint density at radius 3 is 3.04 bits per heavy atom. The van der Waals surface area contributed by atoms with E-state index >= 15 is 0 Å². The second-order valence-corrected chi connectivity index (χ2v) is 5.88. The molecule has 3 rings (SSSR count). The number of aromatic nitrogens is 2. The first-order valence-electron chi connectivity index (χ1n) is 8.17. The summed E-state index contributed by atoms with van der Waals surface area (Å²) in [5.41, 5.74) is 2.20. The Morgan fingerprint density at radius 2 is 2.28 bits per heavy atom. The molecule has 1 aliphatic rings. The Hall–Kier alpha value is -2.98. The number of carbonyl (C=O) groups is 1. The number of amides is 1. The van der Waals surface area contributed by atoms with Gasteiger partial charge >= 0.3 is 0 Å². The van der Waals surface area contributed by atoms with Crippen molar-refractivity contribution >= 4 is 17.5 Å². The number of benzene rings is 1. The van der Waals surface area contributed by atoms with Crippen LogP contribution < -0.4 is 10.6 Å². The first-order chi connectivity index (χ1) is 12.1. The highest BCUT2D eigenvalue weighted by Gasteiger charge is 2.17. The zero-order chi connectivity index (χ0) is 17.6. The summed E-state index contributed by atoms with van der Waals surface area (Å²) in [7, 11) is 0. The van der Waals surface area contributed by atoms with Gasteiger partial charge in [-0.2, -0.15) is 5.26 Å². The summed E-state index contributed by atoms with van der Waals surface area (Å²) in [5, 5.41) is 14.9. The number of hydrogen-bond acceptors (Lipinski definition) is 6. The fraction of sp³-hybridized carbons (Fsp3) is 0.333. The second-order valence-electron chi connectivity index (χ2n) is 5.88. The van der Waals surface area contributed by atoms with Gasteiger partial charge in [0, 0.05) is 24.5 Å². The smallest absolute Gasteiger partial charge is 0.270 e. The van der Waals surface area contributed by atoms with Crippen molar-refractivity contribution in [3.05, 3.63) is 47.3 Å². The molecule has 2 aromatic rings. The molecule has 7 heteroatoms. The quantitative estimate of drug-likeness (QED) is 0.868. The molecule has 7 nitrogen and oxygen atoms in total. The molecular weight excluding hydrogens is 318 g/mol. The van der Waals surface area contributed by atoms with Crippen molar-refractivity contribution in [3.8, 4) is 6.07 Å². The van der Waals surface area contributed by atoms with Crippen molar-refractivity contribution in [1.82, 2.24) is 15.3 Å². The maximum atomic E-state index is 12.3. The Bertz CT molecular complexity index is 809. The van der Waals surface area contributed by atoms with Gasteiger partial charge in [0.1, 0.15) is 5.69 Å². The van der Waals surface area contributed by atoms with Gasteiger partial charge in [-0.3, -0.25) is 4.79 Å². The van der Waals surface area contributed by atoms with Gasteiger partial charge in [-0.1, -0.05) is 6.07 Å². The van der Waals surface area contributed by atoms with E-state index in [4.69, 9.17) is 10.00 Å². The standard InChI is InChI=1S/C18H19N5O2/c1-12-8-16(17(24)20-11-15-6-3-7-25-15)23-18(21-12)22-14-5-2-4-13(9-14)10-19/h2,4-5,8-9,15H,3,6-7,11H2,1H3,(H,20,24)(H,21,22,23). The Balaban J connectivity index is 1.70. The molecule has 0 aliphatic carbocycles. The number of nitriles is 1. The van der Waals surface area contributed by atoms with Crippen LogP contribution in [0.4, 0.5) is 11.6 Å². The second kappa shape index (κ2) is 7.73. The summed E-state index contributed by atoms with van der Waals surface area (Å²) in [6.45, 7) is 3.03. The molecule has 0 radical (unpaired) electrons. The van der Waals surface area contributed by atoms with Gasteiger partial charge in [-0.15, -0.1) is 0 Å². The fourth-order valence-corrected chi connectivity index (χ4v) is 2.64. The largest absolute Gasteiger partial charge is 0.376 e. The minimum atomic E-state index is -0.255. The highest BCUT2D eigenvalue weighted by Crippen LogP contribution is 2.16. The van der Waals surface area contributed by atoms with Crippen molar-refractivity contribution in [1.29, 1.82) is 5.26 Å². The zero-order valence-corrected chi connectivity index (χ0v) is 14.0. The third kappa shape index (κ3) is 4.52. The number of rotatable bonds is 5. The topological polar surface area (TPSA) is 99.9 Å². The lowest BCUT2D eigenvalue weighted by Gasteiger charge is -2.11. The van der Waals surface area contributed by atoms with Crippen molar-refractivity contribution in [2.24, 2.45) is 0 Å². The van der Waals surface area contributed by atoms with Crippen molar-refractivity contribution in [2.45, 2.75) is 25.9 Å². The van der Waals surface area contributed by atoms with E-state index in [1.807, 2.05) is 6.07 Å². The molecule has 1 fully saturated rings. The molecule has 1 unspecified atom stereocenters. The van der Waals surface area contributed by atoms with Crippen LogP contribution in [0.1, 0.15) is 34.6 Å². The molecule has 1 aliphatic heterocycles. The summed E-state index contributed by atoms with van der Waals surface area (Å²) in [4.78, 5) is 20.9. The van der Waals surface area contributed by atoms with E-state index in [0.717, 1.165) is 19.4 Å². The van der Waals surface area contributed by atoms with Crippen molar-refractivity contribution < 1.29 is 9.53 Å². The highest BCUT2D eigenvalue weighted by molar-refractivity contribution is 5.92. The number of nitrogens with zero attached hydrogens (tertiary/aromatic N) is 3. The van der Waals surface area contributed by atoms with Crippen LogP contribution in [0.2, 0.25) is 0 Å². The normalized spacial score (nSPS) is 16.2. The van der Waals surface area contributed by atoms with Gasteiger partial charge in [0.25, 0.3) is 5.91 Å². The third-order valence-corrected chi connectivity index (χ3v) is 3.85. The predicted octanol–water partition coefficient (Wildman–Crippen LogP) is 2.31. The molecule has 0 spiro atoms. The molecule has 25 heavy (non-hydrogen) atoms. The van der Waals surface area contributed by atoms with E-state index in [2.05, 4.69) is 26.7 Å². The molecule has 1 atom stereocenters. The molecule has 0 saturated carbocycles. The average Bonchev–Trinajstić information content (AvgIpc) is 3.13. The number of carbonyl (C=O) groups excluding carboxylic acids is 1. The SMILES string of the molecule is Cc1cc(C(=O)NCC2CCCO2)nc(Nc2cccc(C#N)c2)n1. The van der Waals surface area contributed by atoms with E-state index < -0.39 is 0 Å². The van der Waals surface area contributed by atoms with Crippen molar-refractivity contribution in [2.75, 3.05) is 18.5 Å². The maximum absolute atomic E-state index is 12.3. The number of aryl methyl sites for hydroxylation is 1. The number of ether oxygens (including phenoxy) is 1. The summed E-state index contributed by atoms with van der Waals surface area (Å²) in [6.07, 6.45) is 2.08. The Morgan fingerprint density at radius 1 is 1.40 bits per heavy atom. The molecule has 1 amide bonds. The zero-order valence-electron chi connectivity index (χ0n) is 14.0. The van der Waals surface area contributed by atoms with Crippen LogP contribution >= 0.6 is 0 Å². The summed E-state index contributed by atoms with van der Waals surface area (Å²) >= 11 is 0. The van der Waals surface area contributed by atoms with Gasteiger partial charge in [0.05, 0.1) is 17.7 Å². The average molecular weight is 337 g/mol. The molecule has 128 valence electrons. The van der Waals surface area contributed by atoms with Crippen LogP contribution in [-0.2, 0) is 4.74 Å². The fourth-order valence-electron chi connectivity index (χ4n) is 2.64. The lowest BCUT2D eigenvalue weighted by atomic mass is 10.2. The van der Waals surface area contributed by atoms with Crippen molar-refractivity contribution in [3.63, 3.8) is 0 Å². The lowest BCUT2D eigenvalue weighted by molar-refractivity contribution is 0.0853. The van der Waals surface area contributed by atoms with Gasteiger partial charge in [-0.25, -0.2) is 9.97 Å². The lowest BCUT2D eigenvalue weighted by Crippen LogP contribution is -2.32. The Labute approximate surface area is 146 Å². The first-order valence-corrected chi connectivity index (χ1v) is 8.17. The van der Waals surface area contributed by atoms with Gasteiger partial charge in [0.15, 0.2) is 0 Å². The van der Waals surface area contributed by atoms with Crippen LogP contribution in [0, 0.1) is 18.3 Å². The first kappa shape index (κ1) is 16.9. The molecular formula is C18H19N5O2. The van der Waals surface area contributed by atoms with E-state index in [-0.39, 0.29) is 12.0 Å². The summed E-state index contributed by atoms with van der Waals surface area (Å²) < 4.78 is 5.50. The van der Waals surface area contributed by atoms with E-state index in [1.165, 1.54) is 0 Å². The van der Waals surface area contributed by atoms with E-state index in [0.29, 0.717) is 35.1 Å². The van der Waals surface area contributed by atoms with E-state index in [9.17, 15) is 4.79 Å². The molecule has 1 saturated heterocycles. The number of anilines is 2. The van der Waals surface area contributed by atoms with Crippen LogP contribution in [0.5, 0.6) is 0 Å². The minimum absolute atomic E-state index is 0.0817. The minimum Gasteiger partial charge on any atom is -0.376 e. The number of hydrogen-bond donors (Lipinski definition) is 2. The molecule has 2 N–H and O–H groups in total. The maximum Gasteiger partial charge on any atom is 0.270 e. The molecule has 2 heterocycles. The molecule has 0 bridgehead atoms. The third-order valence-electron chi connectivity index (χ3n) is 3.85. The van der Waals surface area contributed by atoms with Gasteiger partial charge in [0.2, 0.25) is 5.95 Å². The Kier molecular flexibility index (Phi) is 5.21. The summed E-state index contributed by atoms with van der Waals surface area (Å²) in [5.74, 6) is 0.0622. The summed E-state index contributed by atoms with van der Waals surface area (Å²) in [6, 6.07) is 10.7. The van der Waals surface area contributed by atoms with Crippen LogP contribution in [-0.4, -0.2) is 35.1 Å².